The van der Waals surface area contributed by atoms with E-state index in [1.165, 1.54) is 18.2 Å². The van der Waals surface area contributed by atoms with Crippen LogP contribution in [0.3, 0.4) is 0 Å². The second-order valence-corrected chi connectivity index (χ2v) is 4.10. The molecular weight excluding hydrogens is 289 g/mol. The molecule has 1 aromatic carbocycles. The summed E-state index contributed by atoms with van der Waals surface area (Å²) >= 11 is 0. The van der Waals surface area contributed by atoms with E-state index in [9.17, 15) is 18.0 Å². The van der Waals surface area contributed by atoms with Gasteiger partial charge >= 0.3 is 12.3 Å². The summed E-state index contributed by atoms with van der Waals surface area (Å²) in [5, 5.41) is 8.92. The number of halogens is 3. The van der Waals surface area contributed by atoms with Crippen molar-refractivity contribution in [1.29, 1.82) is 0 Å². The highest BCUT2D eigenvalue weighted by molar-refractivity contribution is 5.86. The fourth-order valence-electron chi connectivity index (χ4n) is 1.61. The first kappa shape index (κ1) is 14.8. The van der Waals surface area contributed by atoms with Gasteiger partial charge in [0.1, 0.15) is 5.75 Å². The summed E-state index contributed by atoms with van der Waals surface area (Å²) in [6.07, 6.45) is -4.77. The summed E-state index contributed by atoms with van der Waals surface area (Å²) in [6, 6.07) is 6.15. The molecule has 0 aliphatic rings. The first-order valence-electron chi connectivity index (χ1n) is 5.70. The Morgan fingerprint density at radius 3 is 2.33 bits per heavy atom. The molecule has 21 heavy (non-hydrogen) atoms. The lowest BCUT2D eigenvalue weighted by Crippen LogP contribution is -2.16. The molecule has 110 valence electrons. The number of carboxylic acids is 1. The summed E-state index contributed by atoms with van der Waals surface area (Å²) in [5.74, 6) is -1.47. The Kier molecular flexibility index (Phi) is 3.79. The highest BCUT2D eigenvalue weighted by Gasteiger charge is 2.31. The molecule has 1 heterocycles. The van der Waals surface area contributed by atoms with E-state index in [2.05, 4.69) is 14.7 Å². The number of nitrogens with zero attached hydrogens (tertiary/aromatic N) is 2. The molecule has 1 N–H and O–H groups in total. The molecule has 0 saturated heterocycles. The van der Waals surface area contributed by atoms with Gasteiger partial charge in [0.15, 0.2) is 11.5 Å². The number of alkyl halides is 3. The largest absolute Gasteiger partial charge is 0.573 e. The monoisotopic (exact) mass is 298 g/mol. The number of ether oxygens (including phenoxy) is 1. The second kappa shape index (κ2) is 5.39. The van der Waals surface area contributed by atoms with Crippen molar-refractivity contribution in [2.45, 2.75) is 13.3 Å². The zero-order valence-corrected chi connectivity index (χ0v) is 10.7. The van der Waals surface area contributed by atoms with Gasteiger partial charge in [0.2, 0.25) is 0 Å². The van der Waals surface area contributed by atoms with Gasteiger partial charge in [-0.1, -0.05) is 0 Å². The molecule has 5 nitrogen and oxygen atoms in total. The maximum Gasteiger partial charge on any atom is 0.573 e. The third-order valence-electron chi connectivity index (χ3n) is 2.42. The van der Waals surface area contributed by atoms with Gasteiger partial charge in [-0.2, -0.15) is 0 Å². The molecule has 0 spiro atoms. The van der Waals surface area contributed by atoms with E-state index >= 15 is 0 Å². The van der Waals surface area contributed by atoms with E-state index < -0.39 is 12.3 Å². The molecule has 0 aliphatic heterocycles. The van der Waals surface area contributed by atoms with Crippen LogP contribution in [0.25, 0.3) is 11.4 Å². The number of rotatable bonds is 3. The number of benzene rings is 1. The fourth-order valence-corrected chi connectivity index (χ4v) is 1.61. The molecule has 2 aromatic rings. The Balaban J connectivity index is 2.32. The van der Waals surface area contributed by atoms with Crippen molar-refractivity contribution in [2.24, 2.45) is 0 Å². The lowest BCUT2D eigenvalue weighted by atomic mass is 10.2. The van der Waals surface area contributed by atoms with Crippen molar-refractivity contribution in [2.75, 3.05) is 0 Å². The number of aromatic nitrogens is 2. The summed E-state index contributed by atoms with van der Waals surface area (Å²) < 4.78 is 39.9. The predicted molar refractivity (Wildman–Crippen MR) is 65.8 cm³/mol. The van der Waals surface area contributed by atoms with Crippen molar-refractivity contribution in [3.63, 3.8) is 0 Å². The first-order chi connectivity index (χ1) is 9.74. The van der Waals surface area contributed by atoms with Crippen molar-refractivity contribution in [1.82, 2.24) is 9.97 Å². The summed E-state index contributed by atoms with van der Waals surface area (Å²) in [4.78, 5) is 18.8. The minimum atomic E-state index is -4.77. The van der Waals surface area contributed by atoms with Crippen molar-refractivity contribution >= 4 is 5.97 Å². The molecule has 2 rings (SSSR count). The quantitative estimate of drug-likeness (QED) is 0.943. The van der Waals surface area contributed by atoms with Crippen LogP contribution < -0.4 is 4.74 Å². The number of aromatic carboxylic acids is 1. The Labute approximate surface area is 117 Å². The van der Waals surface area contributed by atoms with Crippen LogP contribution in [0.2, 0.25) is 0 Å². The molecule has 0 aliphatic carbocycles. The van der Waals surface area contributed by atoms with Crippen LogP contribution in [0.5, 0.6) is 5.75 Å². The number of hydrogen-bond donors (Lipinski definition) is 1. The van der Waals surface area contributed by atoms with Crippen LogP contribution in [0.1, 0.15) is 16.2 Å². The minimum absolute atomic E-state index is 0.117. The molecular formula is C13H9F3N2O3. The first-order valence-corrected chi connectivity index (χ1v) is 5.70. The molecule has 0 saturated carbocycles. The van der Waals surface area contributed by atoms with Gasteiger partial charge in [-0.05, 0) is 37.3 Å². The van der Waals surface area contributed by atoms with E-state index in [4.69, 9.17) is 5.11 Å². The SMILES string of the molecule is Cc1cc(C(=O)O)nc(-c2ccc(OC(F)(F)F)cc2)n1. The maximum absolute atomic E-state index is 12.0. The summed E-state index contributed by atoms with van der Waals surface area (Å²) in [7, 11) is 0. The third-order valence-corrected chi connectivity index (χ3v) is 2.42. The second-order valence-electron chi connectivity index (χ2n) is 4.10. The van der Waals surface area contributed by atoms with Crippen molar-refractivity contribution in [3.05, 3.63) is 41.7 Å². The average molecular weight is 298 g/mol. The van der Waals surface area contributed by atoms with Crippen LogP contribution in [-0.2, 0) is 0 Å². The predicted octanol–water partition coefficient (Wildman–Crippen LogP) is 3.05. The zero-order valence-electron chi connectivity index (χ0n) is 10.7. The third kappa shape index (κ3) is 3.91. The Bertz CT molecular complexity index is 669. The van der Waals surface area contributed by atoms with E-state index in [-0.39, 0.29) is 17.3 Å². The van der Waals surface area contributed by atoms with Crippen molar-refractivity contribution < 1.29 is 27.8 Å². The van der Waals surface area contributed by atoms with Gasteiger partial charge in [-0.25, -0.2) is 14.8 Å². The van der Waals surface area contributed by atoms with Gasteiger partial charge in [-0.3, -0.25) is 0 Å². The van der Waals surface area contributed by atoms with E-state index in [1.54, 1.807) is 6.92 Å². The van der Waals surface area contributed by atoms with Gasteiger partial charge in [0, 0.05) is 11.3 Å². The molecule has 0 unspecified atom stereocenters. The molecule has 1 aromatic heterocycles. The number of carbonyl (C=O) groups is 1. The summed E-state index contributed by atoms with van der Waals surface area (Å²) in [5.41, 5.74) is 0.636. The number of aryl methyl sites for hydroxylation is 1. The number of carboxylic acid groups (broad SMARTS) is 1. The minimum Gasteiger partial charge on any atom is -0.477 e. The van der Waals surface area contributed by atoms with Crippen LogP contribution in [0.4, 0.5) is 13.2 Å². The van der Waals surface area contributed by atoms with Crippen molar-refractivity contribution in [3.8, 4) is 17.1 Å². The van der Waals surface area contributed by atoms with Gasteiger partial charge in [-0.15, -0.1) is 13.2 Å². The topological polar surface area (TPSA) is 72.3 Å². The molecule has 0 atom stereocenters. The highest BCUT2D eigenvalue weighted by Crippen LogP contribution is 2.25. The molecule has 0 amide bonds. The zero-order chi connectivity index (χ0) is 15.6. The Morgan fingerprint density at radius 2 is 1.81 bits per heavy atom. The molecule has 0 fully saturated rings. The highest BCUT2D eigenvalue weighted by atomic mass is 19.4. The van der Waals surface area contributed by atoms with E-state index in [0.29, 0.717) is 11.3 Å². The van der Waals surface area contributed by atoms with Crippen LogP contribution in [0, 0.1) is 6.92 Å². The van der Waals surface area contributed by atoms with E-state index in [1.807, 2.05) is 0 Å². The van der Waals surface area contributed by atoms with Gasteiger partial charge < -0.3 is 9.84 Å². The maximum atomic E-state index is 12.0. The smallest absolute Gasteiger partial charge is 0.477 e. The number of hydrogen-bond acceptors (Lipinski definition) is 4. The van der Waals surface area contributed by atoms with E-state index in [0.717, 1.165) is 12.1 Å². The van der Waals surface area contributed by atoms with Crippen LogP contribution in [-0.4, -0.2) is 27.4 Å². The molecule has 8 heteroatoms. The van der Waals surface area contributed by atoms with Crippen LogP contribution in [0.15, 0.2) is 30.3 Å². The van der Waals surface area contributed by atoms with Crippen LogP contribution >= 0.6 is 0 Å². The van der Waals surface area contributed by atoms with Gasteiger partial charge in [0.25, 0.3) is 0 Å². The average Bonchev–Trinajstić information content (AvgIpc) is 2.37. The lowest BCUT2D eigenvalue weighted by molar-refractivity contribution is -0.274. The fraction of sp³-hybridized carbons (Fsp3) is 0.154. The Morgan fingerprint density at radius 1 is 1.19 bits per heavy atom. The Hall–Kier alpha value is -2.64. The molecule has 0 radical (unpaired) electrons. The normalized spacial score (nSPS) is 11.2. The molecule has 0 bridgehead atoms. The standard InChI is InChI=1S/C13H9F3N2O3/c1-7-6-10(12(19)20)18-11(17-7)8-2-4-9(5-3-8)21-13(14,15)16/h2-6H,1H3,(H,19,20). The lowest BCUT2D eigenvalue weighted by Gasteiger charge is -2.09. The summed E-state index contributed by atoms with van der Waals surface area (Å²) in [6.45, 7) is 1.60. The van der Waals surface area contributed by atoms with Gasteiger partial charge in [0.05, 0.1) is 0 Å².